The van der Waals surface area contributed by atoms with Crippen LogP contribution < -0.4 is 0 Å². The minimum absolute atomic E-state index is 0.416. The van der Waals surface area contributed by atoms with Crippen molar-refractivity contribution in [1.29, 1.82) is 0 Å². The molecule has 0 spiro atoms. The molecule has 0 aromatic carbocycles. The Bertz CT molecular complexity index is 214. The Morgan fingerprint density at radius 1 is 0.857 bits per heavy atom. The molecule has 0 aliphatic carbocycles. The maximum absolute atomic E-state index is 5.85. The van der Waals surface area contributed by atoms with Crippen LogP contribution in [0.2, 0.25) is 0 Å². The average Bonchev–Trinajstić information content (AvgIpc) is 3.30. The monoisotopic (exact) mass is 298 g/mol. The molecule has 1 saturated heterocycles. The van der Waals surface area contributed by atoms with E-state index in [4.69, 9.17) is 9.47 Å². The fourth-order valence-corrected chi connectivity index (χ4v) is 2.91. The summed E-state index contributed by atoms with van der Waals surface area (Å²) >= 11 is 0. The van der Waals surface area contributed by atoms with Gasteiger partial charge in [-0.25, -0.2) is 0 Å². The van der Waals surface area contributed by atoms with E-state index in [2.05, 4.69) is 13.8 Å². The highest BCUT2D eigenvalue weighted by Gasteiger charge is 2.22. The number of unbranched alkanes of at least 4 members (excludes halogenated alkanes) is 8. The second kappa shape index (κ2) is 13.6. The minimum Gasteiger partial charge on any atom is -0.378 e. The van der Waals surface area contributed by atoms with Gasteiger partial charge in [0.05, 0.1) is 13.2 Å². The van der Waals surface area contributed by atoms with E-state index in [0.29, 0.717) is 6.10 Å². The molecule has 2 unspecified atom stereocenters. The Morgan fingerprint density at radius 2 is 1.38 bits per heavy atom. The first-order valence-corrected chi connectivity index (χ1v) is 9.56. The predicted molar refractivity (Wildman–Crippen MR) is 90.8 cm³/mol. The fraction of sp³-hybridized carbons (Fsp3) is 1.00. The van der Waals surface area contributed by atoms with Gasteiger partial charge in [0.25, 0.3) is 0 Å². The smallest absolute Gasteiger partial charge is 0.104 e. The second-order valence-corrected chi connectivity index (χ2v) is 6.76. The SMILES string of the molecule is CCCCCCCCC(CCCCCC)COCC1CO1. The molecule has 2 nitrogen and oxygen atoms in total. The average molecular weight is 299 g/mol. The first kappa shape index (κ1) is 19.0. The standard InChI is InChI=1S/C19H38O2/c1-3-5-7-9-10-12-14-18(13-11-8-6-4-2)15-20-16-19-17-21-19/h18-19H,3-17H2,1-2H3. The van der Waals surface area contributed by atoms with Gasteiger partial charge in [0.1, 0.15) is 6.10 Å². The quantitative estimate of drug-likeness (QED) is 0.268. The molecule has 126 valence electrons. The summed E-state index contributed by atoms with van der Waals surface area (Å²) in [5.41, 5.74) is 0. The first-order valence-electron chi connectivity index (χ1n) is 9.56. The van der Waals surface area contributed by atoms with Crippen molar-refractivity contribution in [3.63, 3.8) is 0 Å². The molecule has 1 rings (SSSR count). The van der Waals surface area contributed by atoms with Gasteiger partial charge in [0.15, 0.2) is 0 Å². The Morgan fingerprint density at radius 3 is 1.95 bits per heavy atom. The van der Waals surface area contributed by atoms with Gasteiger partial charge in [0.2, 0.25) is 0 Å². The van der Waals surface area contributed by atoms with Crippen LogP contribution in [0.15, 0.2) is 0 Å². The molecule has 0 N–H and O–H groups in total. The van der Waals surface area contributed by atoms with Crippen LogP contribution in [0.4, 0.5) is 0 Å². The van der Waals surface area contributed by atoms with Gasteiger partial charge in [-0.2, -0.15) is 0 Å². The van der Waals surface area contributed by atoms with Gasteiger partial charge < -0.3 is 9.47 Å². The van der Waals surface area contributed by atoms with Crippen LogP contribution in [0.3, 0.4) is 0 Å². The zero-order valence-electron chi connectivity index (χ0n) is 14.6. The molecule has 1 aliphatic rings. The van der Waals surface area contributed by atoms with E-state index in [-0.39, 0.29) is 0 Å². The lowest BCUT2D eigenvalue weighted by Gasteiger charge is -2.17. The highest BCUT2D eigenvalue weighted by molar-refractivity contribution is 4.68. The Hall–Kier alpha value is -0.0800. The van der Waals surface area contributed by atoms with Gasteiger partial charge in [0, 0.05) is 6.61 Å². The molecule has 1 heterocycles. The summed E-state index contributed by atoms with van der Waals surface area (Å²) in [6.45, 7) is 7.27. The summed E-state index contributed by atoms with van der Waals surface area (Å²) in [6.07, 6.45) is 17.1. The number of hydrogen-bond donors (Lipinski definition) is 0. The molecule has 2 atom stereocenters. The third-order valence-corrected chi connectivity index (χ3v) is 4.49. The van der Waals surface area contributed by atoms with Crippen LogP contribution >= 0.6 is 0 Å². The van der Waals surface area contributed by atoms with E-state index in [0.717, 1.165) is 25.7 Å². The molecular weight excluding hydrogens is 260 g/mol. The molecule has 0 bridgehead atoms. The fourth-order valence-electron chi connectivity index (χ4n) is 2.91. The lowest BCUT2D eigenvalue weighted by molar-refractivity contribution is 0.0787. The predicted octanol–water partition coefficient (Wildman–Crippen LogP) is 5.74. The highest BCUT2D eigenvalue weighted by atomic mass is 16.6. The van der Waals surface area contributed by atoms with Crippen molar-refractivity contribution >= 4 is 0 Å². The van der Waals surface area contributed by atoms with Crippen molar-refractivity contribution in [3.05, 3.63) is 0 Å². The van der Waals surface area contributed by atoms with Gasteiger partial charge in [-0.05, 0) is 18.8 Å². The van der Waals surface area contributed by atoms with Crippen LogP contribution in [-0.4, -0.2) is 25.9 Å². The van der Waals surface area contributed by atoms with Crippen LogP contribution in [0.1, 0.15) is 90.9 Å². The van der Waals surface area contributed by atoms with Crippen LogP contribution in [0.5, 0.6) is 0 Å². The van der Waals surface area contributed by atoms with E-state index >= 15 is 0 Å². The van der Waals surface area contributed by atoms with Gasteiger partial charge in [-0.1, -0.05) is 78.1 Å². The highest BCUT2D eigenvalue weighted by Crippen LogP contribution is 2.20. The summed E-state index contributed by atoms with van der Waals surface area (Å²) in [4.78, 5) is 0. The normalized spacial score (nSPS) is 18.9. The third kappa shape index (κ3) is 12.2. The molecule has 0 saturated carbocycles. The van der Waals surface area contributed by atoms with E-state index < -0.39 is 0 Å². The molecule has 21 heavy (non-hydrogen) atoms. The molecule has 0 radical (unpaired) electrons. The number of ether oxygens (including phenoxy) is 2. The van der Waals surface area contributed by atoms with Crippen molar-refractivity contribution in [2.45, 2.75) is 97.0 Å². The van der Waals surface area contributed by atoms with Gasteiger partial charge in [-0.3, -0.25) is 0 Å². The summed E-state index contributed by atoms with van der Waals surface area (Å²) < 4.78 is 11.1. The van der Waals surface area contributed by atoms with Crippen LogP contribution in [0.25, 0.3) is 0 Å². The summed E-state index contributed by atoms with van der Waals surface area (Å²) in [5, 5.41) is 0. The largest absolute Gasteiger partial charge is 0.378 e. The Labute approximate surface area is 133 Å². The zero-order valence-corrected chi connectivity index (χ0v) is 14.6. The van der Waals surface area contributed by atoms with E-state index in [9.17, 15) is 0 Å². The molecule has 1 aliphatic heterocycles. The van der Waals surface area contributed by atoms with Crippen molar-refractivity contribution in [1.82, 2.24) is 0 Å². The summed E-state index contributed by atoms with van der Waals surface area (Å²) in [7, 11) is 0. The van der Waals surface area contributed by atoms with Crippen molar-refractivity contribution in [2.24, 2.45) is 5.92 Å². The lowest BCUT2D eigenvalue weighted by atomic mass is 9.95. The van der Waals surface area contributed by atoms with Gasteiger partial charge in [-0.15, -0.1) is 0 Å². The molecule has 1 fully saturated rings. The zero-order chi connectivity index (χ0) is 15.2. The van der Waals surface area contributed by atoms with Crippen LogP contribution in [0, 0.1) is 5.92 Å². The molecule has 0 amide bonds. The number of hydrogen-bond acceptors (Lipinski definition) is 2. The first-order chi connectivity index (χ1) is 10.4. The number of rotatable bonds is 16. The van der Waals surface area contributed by atoms with Crippen molar-refractivity contribution in [2.75, 3.05) is 19.8 Å². The molecular formula is C19H38O2. The summed E-state index contributed by atoms with van der Waals surface area (Å²) in [6, 6.07) is 0. The van der Waals surface area contributed by atoms with Crippen molar-refractivity contribution in [3.8, 4) is 0 Å². The lowest BCUT2D eigenvalue weighted by Crippen LogP contribution is -2.13. The molecule has 0 aromatic rings. The van der Waals surface area contributed by atoms with Crippen LogP contribution in [-0.2, 0) is 9.47 Å². The van der Waals surface area contributed by atoms with E-state index in [1.165, 1.54) is 77.0 Å². The molecule has 0 aromatic heterocycles. The third-order valence-electron chi connectivity index (χ3n) is 4.49. The van der Waals surface area contributed by atoms with Gasteiger partial charge >= 0.3 is 0 Å². The maximum Gasteiger partial charge on any atom is 0.104 e. The Kier molecular flexibility index (Phi) is 12.3. The summed E-state index contributed by atoms with van der Waals surface area (Å²) in [5.74, 6) is 0.784. The molecule has 2 heteroatoms. The topological polar surface area (TPSA) is 21.8 Å². The second-order valence-electron chi connectivity index (χ2n) is 6.76. The maximum atomic E-state index is 5.85. The van der Waals surface area contributed by atoms with E-state index in [1.807, 2.05) is 0 Å². The minimum atomic E-state index is 0.416. The number of epoxide rings is 1. The van der Waals surface area contributed by atoms with E-state index in [1.54, 1.807) is 0 Å². The van der Waals surface area contributed by atoms with Crippen molar-refractivity contribution < 1.29 is 9.47 Å². The Balaban J connectivity index is 2.03.